The molecule has 0 saturated heterocycles. The van der Waals surface area contributed by atoms with Crippen LogP contribution in [0, 0.1) is 24.4 Å². The minimum Gasteiger partial charge on any atom is -0.336 e. The average Bonchev–Trinajstić information content (AvgIpc) is 2.73. The van der Waals surface area contributed by atoms with Gasteiger partial charge in [0.2, 0.25) is 5.95 Å². The van der Waals surface area contributed by atoms with Crippen LogP contribution in [0.1, 0.15) is 27.3 Å². The van der Waals surface area contributed by atoms with Crippen LogP contribution < -0.4 is 10.2 Å². The summed E-state index contributed by atoms with van der Waals surface area (Å²) in [5, 5.41) is 2.24. The summed E-state index contributed by atoms with van der Waals surface area (Å²) in [5.74, 6) is -4.79. The highest BCUT2D eigenvalue weighted by Gasteiger charge is 2.21. The SMILES string of the molecule is Cc1cc(C(=O)Nc2ccc(F)c(F)c2F)nc(N2CCc3ccccc3C2)n1. The molecule has 0 atom stereocenters. The minimum atomic E-state index is -1.64. The topological polar surface area (TPSA) is 58.1 Å². The van der Waals surface area contributed by atoms with Gasteiger partial charge in [-0.3, -0.25) is 4.79 Å². The Balaban J connectivity index is 1.59. The predicted octanol–water partition coefficient (Wildman–Crippen LogP) is 4.02. The molecule has 5 nitrogen and oxygen atoms in total. The van der Waals surface area contributed by atoms with Gasteiger partial charge in [0, 0.05) is 18.8 Å². The van der Waals surface area contributed by atoms with Crippen LogP contribution in [-0.4, -0.2) is 22.4 Å². The van der Waals surface area contributed by atoms with Crippen LogP contribution in [0.15, 0.2) is 42.5 Å². The van der Waals surface area contributed by atoms with Crippen molar-refractivity contribution in [2.45, 2.75) is 19.9 Å². The van der Waals surface area contributed by atoms with Crippen LogP contribution in [0.5, 0.6) is 0 Å². The zero-order valence-electron chi connectivity index (χ0n) is 15.5. The van der Waals surface area contributed by atoms with Gasteiger partial charge in [0.25, 0.3) is 5.91 Å². The van der Waals surface area contributed by atoms with Gasteiger partial charge in [0.05, 0.1) is 5.69 Å². The zero-order chi connectivity index (χ0) is 20.5. The molecular formula is C21H17F3N4O. The van der Waals surface area contributed by atoms with Crippen molar-refractivity contribution in [3.05, 3.63) is 82.4 Å². The Morgan fingerprint density at radius 2 is 1.79 bits per heavy atom. The molecule has 0 fully saturated rings. The Kier molecular flexibility index (Phi) is 4.92. The van der Waals surface area contributed by atoms with Gasteiger partial charge in [-0.2, -0.15) is 0 Å². The first-order valence-electron chi connectivity index (χ1n) is 9.04. The first-order valence-corrected chi connectivity index (χ1v) is 9.04. The van der Waals surface area contributed by atoms with Gasteiger partial charge < -0.3 is 10.2 Å². The van der Waals surface area contributed by atoms with Crippen molar-refractivity contribution >= 4 is 17.5 Å². The zero-order valence-corrected chi connectivity index (χ0v) is 15.5. The maximum atomic E-state index is 13.9. The summed E-state index contributed by atoms with van der Waals surface area (Å²) in [4.78, 5) is 23.2. The van der Waals surface area contributed by atoms with Gasteiger partial charge >= 0.3 is 0 Å². The fourth-order valence-electron chi connectivity index (χ4n) is 3.29. The lowest BCUT2D eigenvalue weighted by Gasteiger charge is -2.29. The molecule has 1 amide bonds. The van der Waals surface area contributed by atoms with E-state index < -0.39 is 29.0 Å². The molecule has 1 aliphatic rings. The summed E-state index contributed by atoms with van der Waals surface area (Å²) in [5.41, 5.74) is 2.54. The molecule has 1 aliphatic heterocycles. The number of nitrogens with one attached hydrogen (secondary N) is 1. The molecule has 0 aliphatic carbocycles. The van der Waals surface area contributed by atoms with Gasteiger partial charge in [-0.15, -0.1) is 0 Å². The molecule has 2 aromatic carbocycles. The lowest BCUT2D eigenvalue weighted by Crippen LogP contribution is -2.32. The second kappa shape index (κ2) is 7.54. The van der Waals surface area contributed by atoms with Crippen LogP contribution in [0.3, 0.4) is 0 Å². The number of benzene rings is 2. The fraction of sp³-hybridized carbons (Fsp3) is 0.190. The van der Waals surface area contributed by atoms with Gasteiger partial charge in [-0.05, 0) is 42.7 Å². The van der Waals surface area contributed by atoms with Gasteiger partial charge in [0.1, 0.15) is 5.69 Å². The predicted molar refractivity (Wildman–Crippen MR) is 102 cm³/mol. The maximum Gasteiger partial charge on any atom is 0.274 e. The van der Waals surface area contributed by atoms with Crippen molar-refractivity contribution in [2.24, 2.45) is 0 Å². The van der Waals surface area contributed by atoms with Crippen LogP contribution >= 0.6 is 0 Å². The minimum absolute atomic E-state index is 0.00971. The number of fused-ring (bicyclic) bond motifs is 1. The Labute approximate surface area is 165 Å². The van der Waals surface area contributed by atoms with Crippen LogP contribution in [0.2, 0.25) is 0 Å². The summed E-state index contributed by atoms with van der Waals surface area (Å²) in [7, 11) is 0. The number of hydrogen-bond donors (Lipinski definition) is 1. The van der Waals surface area contributed by atoms with Gasteiger partial charge in [-0.1, -0.05) is 24.3 Å². The van der Waals surface area contributed by atoms with Crippen molar-refractivity contribution in [1.82, 2.24) is 9.97 Å². The monoisotopic (exact) mass is 398 g/mol. The molecule has 148 valence electrons. The van der Waals surface area contributed by atoms with E-state index in [-0.39, 0.29) is 5.69 Å². The van der Waals surface area contributed by atoms with E-state index in [0.717, 1.165) is 18.6 Å². The molecule has 1 N–H and O–H groups in total. The summed E-state index contributed by atoms with van der Waals surface area (Å²) >= 11 is 0. The van der Waals surface area contributed by atoms with E-state index in [2.05, 4.69) is 21.4 Å². The fourth-order valence-corrected chi connectivity index (χ4v) is 3.29. The van der Waals surface area contributed by atoms with E-state index >= 15 is 0 Å². The number of rotatable bonds is 3. The highest BCUT2D eigenvalue weighted by molar-refractivity contribution is 6.03. The average molecular weight is 398 g/mol. The number of halogens is 3. The quantitative estimate of drug-likeness (QED) is 0.677. The molecule has 3 aromatic rings. The number of aromatic nitrogens is 2. The summed E-state index contributed by atoms with van der Waals surface area (Å²) in [6.45, 7) is 3.02. The van der Waals surface area contributed by atoms with E-state index in [1.165, 1.54) is 17.2 Å². The number of anilines is 2. The largest absolute Gasteiger partial charge is 0.336 e. The van der Waals surface area contributed by atoms with Gasteiger partial charge in [-0.25, -0.2) is 23.1 Å². The normalized spacial score (nSPS) is 13.2. The van der Waals surface area contributed by atoms with E-state index in [1.807, 2.05) is 23.1 Å². The Morgan fingerprint density at radius 1 is 1.03 bits per heavy atom. The number of carbonyl (C=O) groups is 1. The first-order chi connectivity index (χ1) is 13.9. The second-order valence-electron chi connectivity index (χ2n) is 6.81. The molecule has 0 unspecified atom stereocenters. The van der Waals surface area contributed by atoms with Gasteiger partial charge in [0.15, 0.2) is 17.5 Å². The second-order valence-corrected chi connectivity index (χ2v) is 6.81. The number of carbonyl (C=O) groups excluding carboxylic acids is 1. The molecule has 8 heteroatoms. The van der Waals surface area contributed by atoms with Crippen molar-refractivity contribution in [3.8, 4) is 0 Å². The van der Waals surface area contributed by atoms with Crippen LogP contribution in [-0.2, 0) is 13.0 Å². The Hall–Kier alpha value is -3.42. The molecule has 4 rings (SSSR count). The smallest absolute Gasteiger partial charge is 0.274 e. The van der Waals surface area contributed by atoms with Crippen molar-refractivity contribution in [2.75, 3.05) is 16.8 Å². The van der Waals surface area contributed by atoms with Crippen LogP contribution in [0.4, 0.5) is 24.8 Å². The van der Waals surface area contributed by atoms with E-state index in [1.54, 1.807) is 6.92 Å². The molecule has 0 bridgehead atoms. The van der Waals surface area contributed by atoms with E-state index in [9.17, 15) is 18.0 Å². The summed E-state index contributed by atoms with van der Waals surface area (Å²) in [6, 6.07) is 11.2. The van der Waals surface area contributed by atoms with E-state index in [0.29, 0.717) is 24.7 Å². The Bertz CT molecular complexity index is 1100. The third-order valence-corrected chi connectivity index (χ3v) is 4.77. The number of aryl methyl sites for hydroxylation is 1. The molecule has 2 heterocycles. The Morgan fingerprint density at radius 3 is 2.59 bits per heavy atom. The number of amides is 1. The molecule has 1 aromatic heterocycles. The molecule has 0 saturated carbocycles. The summed E-state index contributed by atoms with van der Waals surface area (Å²) < 4.78 is 40.3. The number of hydrogen-bond acceptors (Lipinski definition) is 4. The lowest BCUT2D eigenvalue weighted by molar-refractivity contribution is 0.102. The lowest BCUT2D eigenvalue weighted by atomic mass is 10.0. The molecular weight excluding hydrogens is 381 g/mol. The van der Waals surface area contributed by atoms with E-state index in [4.69, 9.17) is 0 Å². The third kappa shape index (κ3) is 3.78. The van der Waals surface area contributed by atoms with Crippen molar-refractivity contribution < 1.29 is 18.0 Å². The van der Waals surface area contributed by atoms with Crippen molar-refractivity contribution in [1.29, 1.82) is 0 Å². The van der Waals surface area contributed by atoms with Crippen LogP contribution in [0.25, 0.3) is 0 Å². The maximum absolute atomic E-state index is 13.9. The third-order valence-electron chi connectivity index (χ3n) is 4.77. The molecule has 29 heavy (non-hydrogen) atoms. The molecule has 0 radical (unpaired) electrons. The molecule has 0 spiro atoms. The highest BCUT2D eigenvalue weighted by atomic mass is 19.2. The highest BCUT2D eigenvalue weighted by Crippen LogP contribution is 2.23. The standard InChI is InChI=1S/C21H17F3N4O/c1-12-10-17(20(29)26-16-7-6-15(22)18(23)19(16)24)27-21(25-12)28-9-8-13-4-2-3-5-14(13)11-28/h2-7,10H,8-9,11H2,1H3,(H,26,29). The summed E-state index contributed by atoms with van der Waals surface area (Å²) in [6.07, 6.45) is 0.828. The first kappa shape index (κ1) is 18.9. The van der Waals surface area contributed by atoms with Crippen molar-refractivity contribution in [3.63, 3.8) is 0 Å². The number of nitrogens with zero attached hydrogens (tertiary/aromatic N) is 3.